The Hall–Kier alpha value is -3.32. The van der Waals surface area contributed by atoms with Gasteiger partial charge in [0.15, 0.2) is 5.78 Å². The number of carbonyl (C=O) groups is 1. The Bertz CT molecular complexity index is 1180. The van der Waals surface area contributed by atoms with Crippen molar-refractivity contribution in [2.45, 2.75) is 57.5 Å². The zero-order valence-electron chi connectivity index (χ0n) is 17.7. The van der Waals surface area contributed by atoms with Crippen LogP contribution >= 0.6 is 0 Å². The van der Waals surface area contributed by atoms with E-state index >= 15 is 0 Å². The van der Waals surface area contributed by atoms with Crippen LogP contribution in [-0.2, 0) is 18.4 Å². The van der Waals surface area contributed by atoms with Gasteiger partial charge < -0.3 is 9.26 Å². The SMILES string of the molecule is CCCCC#C[C@@]12CCCc3onc(c31)-c1c(OCc3ccccc3)cccc1C2=O. The third-order valence-electron chi connectivity index (χ3n) is 6.23. The molecule has 0 saturated carbocycles. The Kier molecular flexibility index (Phi) is 5.11. The summed E-state index contributed by atoms with van der Waals surface area (Å²) >= 11 is 0. The summed E-state index contributed by atoms with van der Waals surface area (Å²) in [5.74, 6) is 8.17. The van der Waals surface area contributed by atoms with E-state index in [4.69, 9.17) is 9.26 Å². The Balaban J connectivity index is 1.59. The maximum Gasteiger partial charge on any atom is 0.186 e. The van der Waals surface area contributed by atoms with Crippen molar-refractivity contribution in [3.8, 4) is 28.8 Å². The van der Waals surface area contributed by atoms with E-state index in [1.54, 1.807) is 0 Å². The number of aryl methyl sites for hydroxylation is 1. The molecule has 4 heteroatoms. The van der Waals surface area contributed by atoms with E-state index in [1.165, 1.54) is 0 Å². The Labute approximate surface area is 182 Å². The molecule has 0 aliphatic heterocycles. The van der Waals surface area contributed by atoms with Crippen LogP contribution in [0.3, 0.4) is 0 Å². The van der Waals surface area contributed by atoms with E-state index in [-0.39, 0.29) is 5.78 Å². The number of nitrogens with zero attached hydrogens (tertiary/aromatic N) is 1. The van der Waals surface area contributed by atoms with Gasteiger partial charge in [-0.3, -0.25) is 4.79 Å². The molecule has 4 nitrogen and oxygen atoms in total. The fraction of sp³-hybridized carbons (Fsp3) is 0.333. The molecule has 0 N–H and O–H groups in total. The van der Waals surface area contributed by atoms with Crippen LogP contribution < -0.4 is 4.74 Å². The van der Waals surface area contributed by atoms with Crippen molar-refractivity contribution < 1.29 is 14.1 Å². The molecule has 0 amide bonds. The molecule has 0 bridgehead atoms. The number of hydrogen-bond donors (Lipinski definition) is 0. The minimum atomic E-state index is -0.846. The zero-order valence-corrected chi connectivity index (χ0v) is 17.7. The second-order valence-corrected chi connectivity index (χ2v) is 8.28. The summed E-state index contributed by atoms with van der Waals surface area (Å²) in [5, 5.41) is 4.42. The maximum absolute atomic E-state index is 13.9. The van der Waals surface area contributed by atoms with Crippen LogP contribution in [-0.4, -0.2) is 10.9 Å². The topological polar surface area (TPSA) is 52.3 Å². The molecule has 2 aliphatic carbocycles. The van der Waals surface area contributed by atoms with Gasteiger partial charge in [-0.2, -0.15) is 0 Å². The lowest BCUT2D eigenvalue weighted by Gasteiger charge is -2.35. The molecule has 1 heterocycles. The van der Waals surface area contributed by atoms with E-state index in [0.29, 0.717) is 24.3 Å². The molecule has 0 unspecified atom stereocenters. The normalized spacial score (nSPS) is 18.5. The second-order valence-electron chi connectivity index (χ2n) is 8.28. The summed E-state index contributed by atoms with van der Waals surface area (Å²) in [6.45, 7) is 2.57. The largest absolute Gasteiger partial charge is 0.488 e. The summed E-state index contributed by atoms with van der Waals surface area (Å²) in [7, 11) is 0. The number of aromatic nitrogens is 1. The number of ketones is 1. The lowest BCUT2D eigenvalue weighted by molar-refractivity contribution is 0.0905. The Morgan fingerprint density at radius 2 is 2.03 bits per heavy atom. The number of carbonyl (C=O) groups excluding carboxylic acids is 1. The van der Waals surface area contributed by atoms with Crippen molar-refractivity contribution in [3.05, 3.63) is 71.0 Å². The van der Waals surface area contributed by atoms with Crippen LogP contribution in [0.25, 0.3) is 11.3 Å². The molecule has 0 spiro atoms. The van der Waals surface area contributed by atoms with Crippen molar-refractivity contribution in [1.29, 1.82) is 0 Å². The highest BCUT2D eigenvalue weighted by molar-refractivity contribution is 6.15. The van der Waals surface area contributed by atoms with Gasteiger partial charge in [-0.15, -0.1) is 5.92 Å². The van der Waals surface area contributed by atoms with Crippen molar-refractivity contribution >= 4 is 5.78 Å². The van der Waals surface area contributed by atoms with Crippen LogP contribution in [0.1, 0.15) is 66.3 Å². The molecule has 3 aromatic rings. The molecule has 0 saturated heterocycles. The van der Waals surface area contributed by atoms with Gasteiger partial charge in [-0.1, -0.05) is 66.9 Å². The third kappa shape index (κ3) is 3.25. The van der Waals surface area contributed by atoms with Crippen molar-refractivity contribution in [1.82, 2.24) is 5.16 Å². The van der Waals surface area contributed by atoms with Gasteiger partial charge >= 0.3 is 0 Å². The van der Waals surface area contributed by atoms with E-state index in [9.17, 15) is 4.79 Å². The lowest BCUT2D eigenvalue weighted by atomic mass is 9.63. The van der Waals surface area contributed by atoms with Gasteiger partial charge in [-0.25, -0.2) is 0 Å². The lowest BCUT2D eigenvalue weighted by Crippen LogP contribution is -2.40. The average molecular weight is 412 g/mol. The van der Waals surface area contributed by atoms with Gasteiger partial charge in [-0.05, 0) is 30.9 Å². The molecule has 156 valence electrons. The van der Waals surface area contributed by atoms with Crippen LogP contribution in [0.15, 0.2) is 53.1 Å². The van der Waals surface area contributed by atoms with E-state index < -0.39 is 5.41 Å². The number of fused-ring (bicyclic) bond motifs is 2. The first kappa shape index (κ1) is 19.6. The predicted octanol–water partition coefficient (Wildman–Crippen LogP) is 5.88. The van der Waals surface area contributed by atoms with Crippen LogP contribution in [0.5, 0.6) is 5.75 Å². The molecule has 2 aliphatic rings. The Morgan fingerprint density at radius 3 is 2.87 bits per heavy atom. The first-order chi connectivity index (χ1) is 15.2. The number of Topliss-reactive ketones (excluding diaryl/α,β-unsaturated/α-hetero) is 1. The van der Waals surface area contributed by atoms with E-state index in [0.717, 1.165) is 60.2 Å². The van der Waals surface area contributed by atoms with Crippen molar-refractivity contribution in [2.24, 2.45) is 0 Å². The van der Waals surface area contributed by atoms with Gasteiger partial charge in [0.2, 0.25) is 0 Å². The molecule has 0 radical (unpaired) electrons. The van der Waals surface area contributed by atoms with Gasteiger partial charge in [0.25, 0.3) is 0 Å². The van der Waals surface area contributed by atoms with Gasteiger partial charge in [0.1, 0.15) is 29.2 Å². The van der Waals surface area contributed by atoms with Crippen molar-refractivity contribution in [2.75, 3.05) is 0 Å². The number of rotatable bonds is 5. The summed E-state index contributed by atoms with van der Waals surface area (Å²) in [6.07, 6.45) is 5.29. The highest BCUT2D eigenvalue weighted by Gasteiger charge is 2.51. The van der Waals surface area contributed by atoms with E-state index in [2.05, 4.69) is 23.9 Å². The summed E-state index contributed by atoms with van der Waals surface area (Å²) in [6, 6.07) is 15.7. The minimum Gasteiger partial charge on any atom is -0.488 e. The van der Waals surface area contributed by atoms with Gasteiger partial charge in [0, 0.05) is 24.0 Å². The third-order valence-corrected chi connectivity index (χ3v) is 6.23. The number of ether oxygens (including phenoxy) is 1. The predicted molar refractivity (Wildman–Crippen MR) is 119 cm³/mol. The average Bonchev–Trinajstić information content (AvgIpc) is 3.25. The van der Waals surface area contributed by atoms with Crippen molar-refractivity contribution in [3.63, 3.8) is 0 Å². The number of hydrogen-bond acceptors (Lipinski definition) is 4. The van der Waals surface area contributed by atoms with Crippen LogP contribution in [0, 0.1) is 11.8 Å². The molecular weight excluding hydrogens is 386 g/mol. The first-order valence-corrected chi connectivity index (χ1v) is 11.1. The summed E-state index contributed by atoms with van der Waals surface area (Å²) in [5.41, 5.74) is 3.18. The molecule has 1 aromatic heterocycles. The highest BCUT2D eigenvalue weighted by Crippen LogP contribution is 2.51. The monoisotopic (exact) mass is 411 g/mol. The maximum atomic E-state index is 13.9. The number of benzene rings is 2. The first-order valence-electron chi connectivity index (χ1n) is 11.1. The fourth-order valence-electron chi connectivity index (χ4n) is 4.68. The molecule has 2 aromatic carbocycles. The molecule has 31 heavy (non-hydrogen) atoms. The summed E-state index contributed by atoms with van der Waals surface area (Å²) in [4.78, 5) is 13.9. The summed E-state index contributed by atoms with van der Waals surface area (Å²) < 4.78 is 11.9. The van der Waals surface area contributed by atoms with Crippen LogP contribution in [0.2, 0.25) is 0 Å². The minimum absolute atomic E-state index is 0.0494. The molecular formula is C27H25NO3. The van der Waals surface area contributed by atoms with E-state index in [1.807, 2.05) is 48.5 Å². The molecule has 5 rings (SSSR count). The zero-order chi connectivity index (χ0) is 21.3. The second kappa shape index (κ2) is 8.07. The molecule has 1 atom stereocenters. The molecule has 0 fully saturated rings. The Morgan fingerprint density at radius 1 is 1.16 bits per heavy atom. The van der Waals surface area contributed by atoms with Gasteiger partial charge in [0.05, 0.1) is 5.56 Å². The quantitative estimate of drug-likeness (QED) is 0.388. The standard InChI is InChI=1S/C27H25NO3/c1-2-3-4-8-16-27-17-10-15-22-24(27)25(28-31-22)23-20(26(27)29)13-9-14-21(23)30-18-19-11-6-5-7-12-19/h5-7,9,11-14H,2-4,10,15,17-18H2,1H3/t27-/m1/s1. The smallest absolute Gasteiger partial charge is 0.186 e. The van der Waals surface area contributed by atoms with Crippen LogP contribution in [0.4, 0.5) is 0 Å². The fourth-order valence-corrected chi connectivity index (χ4v) is 4.68. The number of unbranched alkanes of at least 4 members (excludes halogenated alkanes) is 2. The highest BCUT2D eigenvalue weighted by atomic mass is 16.5.